The van der Waals surface area contributed by atoms with Crippen molar-refractivity contribution < 1.29 is 0 Å². The van der Waals surface area contributed by atoms with Crippen molar-refractivity contribution in [2.24, 2.45) is 5.92 Å². The Morgan fingerprint density at radius 2 is 2.15 bits per heavy atom. The molecular formula is C9H20N2S2. The molecule has 1 aliphatic heterocycles. The normalized spacial score (nSPS) is 29.5. The summed E-state index contributed by atoms with van der Waals surface area (Å²) < 4.78 is 0. The molecule has 0 saturated carbocycles. The Morgan fingerprint density at radius 3 is 2.77 bits per heavy atom. The van der Waals surface area contributed by atoms with Gasteiger partial charge in [0.25, 0.3) is 0 Å². The molecule has 1 fully saturated rings. The lowest BCUT2D eigenvalue weighted by Gasteiger charge is -2.33. The molecule has 1 aliphatic rings. The van der Waals surface area contributed by atoms with Gasteiger partial charge in [-0.3, -0.25) is 0 Å². The molecule has 0 aromatic carbocycles. The van der Waals surface area contributed by atoms with Crippen molar-refractivity contribution in [3.63, 3.8) is 0 Å². The van der Waals surface area contributed by atoms with Crippen molar-refractivity contribution in [3.8, 4) is 0 Å². The van der Waals surface area contributed by atoms with Crippen molar-refractivity contribution in [1.82, 2.24) is 10.6 Å². The molecule has 0 aromatic heterocycles. The van der Waals surface area contributed by atoms with Crippen LogP contribution in [0.5, 0.6) is 0 Å². The van der Waals surface area contributed by atoms with Gasteiger partial charge in [0.05, 0.1) is 0 Å². The molecule has 0 bridgehead atoms. The molecule has 13 heavy (non-hydrogen) atoms. The molecule has 0 spiro atoms. The third-order valence-electron chi connectivity index (χ3n) is 2.40. The highest BCUT2D eigenvalue weighted by Gasteiger charge is 2.22. The van der Waals surface area contributed by atoms with E-state index in [1.54, 1.807) is 0 Å². The van der Waals surface area contributed by atoms with Gasteiger partial charge in [-0.05, 0) is 12.2 Å². The van der Waals surface area contributed by atoms with Gasteiger partial charge in [0.15, 0.2) is 0 Å². The van der Waals surface area contributed by atoms with E-state index in [0.29, 0.717) is 12.1 Å². The molecule has 2 N–H and O–H groups in total. The number of piperazine rings is 1. The van der Waals surface area contributed by atoms with Gasteiger partial charge in [-0.1, -0.05) is 35.4 Å². The molecule has 2 nitrogen and oxygen atoms in total. The highest BCUT2D eigenvalue weighted by molar-refractivity contribution is 8.76. The third-order valence-corrected chi connectivity index (χ3v) is 4.29. The molecule has 0 amide bonds. The van der Waals surface area contributed by atoms with Crippen LogP contribution in [0.2, 0.25) is 0 Å². The van der Waals surface area contributed by atoms with Crippen LogP contribution in [0.15, 0.2) is 0 Å². The molecule has 1 saturated heterocycles. The number of hydrogen-bond donors (Lipinski definition) is 2. The summed E-state index contributed by atoms with van der Waals surface area (Å²) in [6.45, 7) is 6.81. The largest absolute Gasteiger partial charge is 0.314 e. The fourth-order valence-corrected chi connectivity index (χ4v) is 2.93. The van der Waals surface area contributed by atoms with Crippen LogP contribution in [0.3, 0.4) is 0 Å². The minimum absolute atomic E-state index is 0.651. The molecule has 0 radical (unpaired) electrons. The van der Waals surface area contributed by atoms with Gasteiger partial charge in [0, 0.05) is 30.9 Å². The minimum Gasteiger partial charge on any atom is -0.314 e. The van der Waals surface area contributed by atoms with Crippen LogP contribution in [-0.4, -0.2) is 37.2 Å². The van der Waals surface area contributed by atoms with Gasteiger partial charge in [-0.2, -0.15) is 0 Å². The lowest BCUT2D eigenvalue weighted by atomic mass is 10.0. The van der Waals surface area contributed by atoms with E-state index < -0.39 is 0 Å². The Bertz CT molecular complexity index is 142. The van der Waals surface area contributed by atoms with Crippen molar-refractivity contribution in [1.29, 1.82) is 0 Å². The zero-order valence-corrected chi connectivity index (χ0v) is 10.3. The standard InChI is InChI=1S/C9H20N2S2/c1-7(2)9-5-10-4-8(11-9)6-13-12-3/h7-11H,4-6H2,1-3H3. The zero-order valence-electron chi connectivity index (χ0n) is 8.67. The summed E-state index contributed by atoms with van der Waals surface area (Å²) in [5.41, 5.74) is 0. The molecule has 4 heteroatoms. The summed E-state index contributed by atoms with van der Waals surface area (Å²) >= 11 is 0. The lowest BCUT2D eigenvalue weighted by Crippen LogP contribution is -2.57. The van der Waals surface area contributed by atoms with Crippen molar-refractivity contribution in [3.05, 3.63) is 0 Å². The van der Waals surface area contributed by atoms with Crippen LogP contribution in [0.1, 0.15) is 13.8 Å². The smallest absolute Gasteiger partial charge is 0.0294 e. The second kappa shape index (κ2) is 6.17. The summed E-state index contributed by atoms with van der Waals surface area (Å²) in [7, 11) is 3.80. The first kappa shape index (κ1) is 11.7. The van der Waals surface area contributed by atoms with E-state index in [9.17, 15) is 0 Å². The highest BCUT2D eigenvalue weighted by atomic mass is 33.1. The van der Waals surface area contributed by atoms with E-state index in [1.165, 1.54) is 5.75 Å². The van der Waals surface area contributed by atoms with Crippen LogP contribution in [0.25, 0.3) is 0 Å². The minimum atomic E-state index is 0.651. The molecule has 2 unspecified atom stereocenters. The Kier molecular flexibility index (Phi) is 5.55. The second-order valence-electron chi connectivity index (χ2n) is 3.82. The topological polar surface area (TPSA) is 24.1 Å². The molecule has 78 valence electrons. The van der Waals surface area contributed by atoms with Crippen molar-refractivity contribution >= 4 is 21.6 Å². The average molecular weight is 220 g/mol. The lowest BCUT2D eigenvalue weighted by molar-refractivity contribution is 0.298. The molecule has 1 heterocycles. The zero-order chi connectivity index (χ0) is 9.68. The van der Waals surface area contributed by atoms with Crippen LogP contribution in [-0.2, 0) is 0 Å². The predicted octanol–water partition coefficient (Wildman–Crippen LogP) is 1.58. The Morgan fingerprint density at radius 1 is 1.38 bits per heavy atom. The maximum Gasteiger partial charge on any atom is 0.0294 e. The van der Waals surface area contributed by atoms with Crippen molar-refractivity contribution in [2.75, 3.05) is 25.1 Å². The van der Waals surface area contributed by atoms with E-state index in [1.807, 2.05) is 21.6 Å². The molecule has 0 aromatic rings. The maximum atomic E-state index is 3.69. The Balaban J connectivity index is 2.25. The fourth-order valence-electron chi connectivity index (χ4n) is 1.52. The van der Waals surface area contributed by atoms with Gasteiger partial charge < -0.3 is 10.6 Å². The monoisotopic (exact) mass is 220 g/mol. The molecular weight excluding hydrogens is 200 g/mol. The summed E-state index contributed by atoms with van der Waals surface area (Å²) in [5, 5.41) is 7.18. The van der Waals surface area contributed by atoms with Crippen LogP contribution < -0.4 is 10.6 Å². The van der Waals surface area contributed by atoms with Gasteiger partial charge in [-0.25, -0.2) is 0 Å². The van der Waals surface area contributed by atoms with E-state index >= 15 is 0 Å². The van der Waals surface area contributed by atoms with Gasteiger partial charge >= 0.3 is 0 Å². The van der Waals surface area contributed by atoms with Gasteiger partial charge in [0.2, 0.25) is 0 Å². The van der Waals surface area contributed by atoms with Gasteiger partial charge in [0.1, 0.15) is 0 Å². The van der Waals surface area contributed by atoms with E-state index in [2.05, 4.69) is 30.7 Å². The van der Waals surface area contributed by atoms with Crippen LogP contribution in [0, 0.1) is 5.92 Å². The highest BCUT2D eigenvalue weighted by Crippen LogP contribution is 2.18. The van der Waals surface area contributed by atoms with E-state index in [-0.39, 0.29) is 0 Å². The number of nitrogens with one attached hydrogen (secondary N) is 2. The molecule has 2 atom stereocenters. The summed E-state index contributed by atoms with van der Waals surface area (Å²) in [4.78, 5) is 0. The van der Waals surface area contributed by atoms with E-state index in [0.717, 1.165) is 19.0 Å². The first-order valence-corrected chi connectivity index (χ1v) is 7.59. The third kappa shape index (κ3) is 4.11. The summed E-state index contributed by atoms with van der Waals surface area (Å²) in [5.74, 6) is 1.94. The second-order valence-corrected chi connectivity index (χ2v) is 6.43. The van der Waals surface area contributed by atoms with E-state index in [4.69, 9.17) is 0 Å². The fraction of sp³-hybridized carbons (Fsp3) is 1.00. The van der Waals surface area contributed by atoms with Crippen molar-refractivity contribution in [2.45, 2.75) is 25.9 Å². The quantitative estimate of drug-likeness (QED) is 0.703. The van der Waals surface area contributed by atoms with Crippen LogP contribution >= 0.6 is 21.6 Å². The van der Waals surface area contributed by atoms with Crippen LogP contribution in [0.4, 0.5) is 0 Å². The summed E-state index contributed by atoms with van der Waals surface area (Å²) in [6.07, 6.45) is 2.14. The number of rotatable bonds is 4. The Labute approximate surface area is 89.4 Å². The summed E-state index contributed by atoms with van der Waals surface area (Å²) in [6, 6.07) is 1.31. The average Bonchev–Trinajstić information content (AvgIpc) is 2.15. The molecule has 1 rings (SSSR count). The number of hydrogen-bond acceptors (Lipinski definition) is 4. The first-order valence-electron chi connectivity index (χ1n) is 4.86. The maximum absolute atomic E-state index is 3.69. The SMILES string of the molecule is CSSCC1CNCC(C(C)C)N1. The predicted molar refractivity (Wildman–Crippen MR) is 64.4 cm³/mol. The van der Waals surface area contributed by atoms with Gasteiger partial charge in [-0.15, -0.1) is 0 Å². The Hall–Kier alpha value is 0.620. The molecule has 0 aliphatic carbocycles. The first-order chi connectivity index (χ1) is 6.24.